The van der Waals surface area contributed by atoms with E-state index >= 15 is 0 Å². The smallest absolute Gasteiger partial charge is 0.239 e. The second-order valence-corrected chi connectivity index (χ2v) is 10.1. The van der Waals surface area contributed by atoms with E-state index in [1.807, 2.05) is 73.8 Å². The van der Waals surface area contributed by atoms with Crippen LogP contribution in [0.5, 0.6) is 0 Å². The van der Waals surface area contributed by atoms with Crippen LogP contribution in [-0.4, -0.2) is 45.2 Å². The minimum atomic E-state index is -3.68. The number of anilines is 1. The summed E-state index contributed by atoms with van der Waals surface area (Å²) in [6.07, 6.45) is 4.09. The van der Waals surface area contributed by atoms with Gasteiger partial charge in [-0.1, -0.05) is 84.4 Å². The van der Waals surface area contributed by atoms with Crippen LogP contribution >= 0.6 is 11.6 Å². The maximum Gasteiger partial charge on any atom is 0.239 e. The molecule has 0 aromatic heterocycles. The second-order valence-electron chi connectivity index (χ2n) is 7.82. The Labute approximate surface area is 201 Å². The molecule has 3 aromatic rings. The van der Waals surface area contributed by atoms with Gasteiger partial charge in [0.15, 0.2) is 0 Å². The molecule has 174 valence electrons. The monoisotopic (exact) mass is 484 g/mol. The van der Waals surface area contributed by atoms with Crippen LogP contribution in [0.2, 0.25) is 5.02 Å². The third-order valence-electron chi connectivity index (χ3n) is 5.13. The maximum atomic E-state index is 13.3. The zero-order chi connectivity index (χ0) is 23.7. The average molecular weight is 485 g/mol. The van der Waals surface area contributed by atoms with E-state index < -0.39 is 10.0 Å². The van der Waals surface area contributed by atoms with E-state index in [1.165, 1.54) is 4.31 Å². The van der Waals surface area contributed by atoms with Crippen molar-refractivity contribution in [2.45, 2.75) is 12.3 Å². The zero-order valence-corrected chi connectivity index (χ0v) is 20.2. The number of benzene rings is 3. The molecule has 1 N–H and O–H groups in total. The Morgan fingerprint density at radius 2 is 1.61 bits per heavy atom. The first-order chi connectivity index (χ1) is 15.9. The number of rotatable bonds is 11. The Hall–Kier alpha value is -2.64. The number of hydrogen-bond donors (Lipinski definition) is 1. The van der Waals surface area contributed by atoms with E-state index in [-0.39, 0.29) is 18.9 Å². The molecule has 0 fully saturated rings. The molecule has 0 saturated carbocycles. The molecule has 33 heavy (non-hydrogen) atoms. The van der Waals surface area contributed by atoms with Gasteiger partial charge in [-0.15, -0.1) is 0 Å². The van der Waals surface area contributed by atoms with Crippen LogP contribution < -0.4 is 4.31 Å². The van der Waals surface area contributed by atoms with Crippen LogP contribution in [0.3, 0.4) is 0 Å². The van der Waals surface area contributed by atoms with E-state index in [0.717, 1.165) is 11.1 Å². The van der Waals surface area contributed by atoms with Gasteiger partial charge in [0, 0.05) is 18.1 Å². The molecule has 0 aliphatic carbocycles. The predicted molar refractivity (Wildman–Crippen MR) is 137 cm³/mol. The second kappa shape index (κ2) is 12.0. The molecule has 0 unspecified atom stereocenters. The summed E-state index contributed by atoms with van der Waals surface area (Å²) in [6.45, 7) is 0.992. The van der Waals surface area contributed by atoms with Gasteiger partial charge in [-0.25, -0.2) is 8.42 Å². The van der Waals surface area contributed by atoms with Crippen molar-refractivity contribution in [3.8, 4) is 0 Å². The Morgan fingerprint density at radius 1 is 0.939 bits per heavy atom. The SMILES string of the molecule is CN(C/C=C/c1ccc(Cl)cc1)Cc1ccccc1N(CCO)S(=O)(=O)Cc1ccccc1. The summed E-state index contributed by atoms with van der Waals surface area (Å²) >= 11 is 5.93. The van der Waals surface area contributed by atoms with Crippen LogP contribution in [0.15, 0.2) is 84.9 Å². The molecule has 0 aliphatic rings. The molecule has 3 aromatic carbocycles. The minimum absolute atomic E-state index is 0.00631. The summed E-state index contributed by atoms with van der Waals surface area (Å²) in [5.74, 6) is -0.123. The lowest BCUT2D eigenvalue weighted by molar-refractivity contribution is 0.306. The van der Waals surface area contributed by atoms with E-state index in [9.17, 15) is 13.5 Å². The molecular formula is C26H29ClN2O3S. The number of aliphatic hydroxyl groups excluding tert-OH is 1. The van der Waals surface area contributed by atoms with Gasteiger partial charge in [0.1, 0.15) is 0 Å². The van der Waals surface area contributed by atoms with Crippen molar-refractivity contribution < 1.29 is 13.5 Å². The van der Waals surface area contributed by atoms with Crippen LogP contribution in [0.25, 0.3) is 6.08 Å². The molecule has 0 aliphatic heterocycles. The third-order valence-corrected chi connectivity index (χ3v) is 7.13. The van der Waals surface area contributed by atoms with E-state index in [4.69, 9.17) is 11.6 Å². The van der Waals surface area contributed by atoms with Crippen molar-refractivity contribution in [2.24, 2.45) is 0 Å². The lowest BCUT2D eigenvalue weighted by Gasteiger charge is -2.27. The highest BCUT2D eigenvalue weighted by atomic mass is 35.5. The number of halogens is 1. The first-order valence-corrected chi connectivity index (χ1v) is 12.7. The van der Waals surface area contributed by atoms with Gasteiger partial charge in [-0.3, -0.25) is 9.21 Å². The molecule has 3 rings (SSSR count). The largest absolute Gasteiger partial charge is 0.394 e. The highest BCUT2D eigenvalue weighted by Gasteiger charge is 2.24. The van der Waals surface area contributed by atoms with Gasteiger partial charge in [-0.2, -0.15) is 0 Å². The molecule has 0 amide bonds. The first kappa shape index (κ1) is 25.0. The van der Waals surface area contributed by atoms with Gasteiger partial charge in [0.05, 0.1) is 24.6 Å². The minimum Gasteiger partial charge on any atom is -0.394 e. The third kappa shape index (κ3) is 7.44. The molecule has 5 nitrogen and oxygen atoms in total. The number of para-hydroxylation sites is 1. The lowest BCUT2D eigenvalue weighted by atomic mass is 10.1. The van der Waals surface area contributed by atoms with E-state index in [1.54, 1.807) is 18.2 Å². The molecule has 7 heteroatoms. The summed E-state index contributed by atoms with van der Waals surface area (Å²) in [6, 6.07) is 24.2. The van der Waals surface area contributed by atoms with Crippen LogP contribution in [0.1, 0.15) is 16.7 Å². The van der Waals surface area contributed by atoms with Crippen LogP contribution in [0.4, 0.5) is 5.69 Å². The zero-order valence-electron chi connectivity index (χ0n) is 18.6. The number of nitrogens with zero attached hydrogens (tertiary/aromatic N) is 2. The number of aliphatic hydroxyl groups is 1. The van der Waals surface area contributed by atoms with Crippen molar-refractivity contribution in [2.75, 3.05) is 31.0 Å². The summed E-state index contributed by atoms with van der Waals surface area (Å²) in [4.78, 5) is 2.10. The van der Waals surface area contributed by atoms with Gasteiger partial charge in [-0.05, 0) is 41.9 Å². The molecule has 0 heterocycles. The van der Waals surface area contributed by atoms with Gasteiger partial charge >= 0.3 is 0 Å². The highest BCUT2D eigenvalue weighted by molar-refractivity contribution is 7.92. The highest BCUT2D eigenvalue weighted by Crippen LogP contribution is 2.26. The normalized spacial score (nSPS) is 11.9. The molecule has 0 radical (unpaired) electrons. The molecule has 0 bridgehead atoms. The van der Waals surface area contributed by atoms with Gasteiger partial charge < -0.3 is 5.11 Å². The van der Waals surface area contributed by atoms with Crippen molar-refractivity contribution in [3.63, 3.8) is 0 Å². The van der Waals surface area contributed by atoms with Crippen molar-refractivity contribution in [1.29, 1.82) is 0 Å². The Kier molecular flexibility index (Phi) is 9.09. The summed E-state index contributed by atoms with van der Waals surface area (Å²) in [5, 5.41) is 10.3. The van der Waals surface area contributed by atoms with Gasteiger partial charge in [0.25, 0.3) is 0 Å². The Bertz CT molecular complexity index is 1150. The fraction of sp³-hybridized carbons (Fsp3) is 0.231. The maximum absolute atomic E-state index is 13.3. The van der Waals surface area contributed by atoms with Crippen molar-refractivity contribution in [1.82, 2.24) is 4.90 Å². The molecular weight excluding hydrogens is 456 g/mol. The standard InChI is InChI=1S/C26H29ClN2O3S/c1-28(17-7-10-22-13-15-25(27)16-14-22)20-24-11-5-6-12-26(24)29(18-19-30)33(31,32)21-23-8-3-2-4-9-23/h2-16,30H,17-21H2,1H3/b10-7+. The number of likely N-dealkylation sites (N-methyl/N-ethyl adjacent to an activating group) is 1. The van der Waals surface area contributed by atoms with Crippen LogP contribution in [0, 0.1) is 0 Å². The Morgan fingerprint density at radius 3 is 2.30 bits per heavy atom. The van der Waals surface area contributed by atoms with Gasteiger partial charge in [0.2, 0.25) is 10.0 Å². The molecule has 0 spiro atoms. The quantitative estimate of drug-likeness (QED) is 0.424. The molecule has 0 saturated heterocycles. The number of hydrogen-bond acceptors (Lipinski definition) is 4. The Balaban J connectivity index is 1.75. The van der Waals surface area contributed by atoms with E-state index in [2.05, 4.69) is 11.0 Å². The first-order valence-electron chi connectivity index (χ1n) is 10.7. The summed E-state index contributed by atoms with van der Waals surface area (Å²) < 4.78 is 27.9. The fourth-order valence-corrected chi connectivity index (χ4v) is 5.28. The number of sulfonamides is 1. The molecule has 0 atom stereocenters. The predicted octanol–water partition coefficient (Wildman–Crippen LogP) is 4.81. The topological polar surface area (TPSA) is 60.9 Å². The summed E-state index contributed by atoms with van der Waals surface area (Å²) in [5.41, 5.74) is 3.25. The van der Waals surface area contributed by atoms with E-state index in [0.29, 0.717) is 29.4 Å². The lowest BCUT2D eigenvalue weighted by Crippen LogP contribution is -2.35. The summed E-state index contributed by atoms with van der Waals surface area (Å²) in [7, 11) is -1.69. The van der Waals surface area contributed by atoms with Crippen molar-refractivity contribution >= 4 is 33.4 Å². The van der Waals surface area contributed by atoms with Crippen molar-refractivity contribution in [3.05, 3.63) is 107 Å². The fourth-order valence-electron chi connectivity index (χ4n) is 3.55. The average Bonchev–Trinajstić information content (AvgIpc) is 2.80. The van der Waals surface area contributed by atoms with Crippen LogP contribution in [-0.2, 0) is 22.3 Å².